The average molecular weight is 254 g/mol. The van der Waals surface area contributed by atoms with E-state index in [2.05, 4.69) is 15.2 Å². The summed E-state index contributed by atoms with van der Waals surface area (Å²) in [5.74, 6) is 0.518. The van der Waals surface area contributed by atoms with Crippen LogP contribution in [0.25, 0.3) is 0 Å². The Balaban J connectivity index is 2.35. The molecule has 0 fully saturated rings. The van der Waals surface area contributed by atoms with Crippen molar-refractivity contribution in [3.05, 3.63) is 28.4 Å². The van der Waals surface area contributed by atoms with Crippen molar-refractivity contribution < 1.29 is 9.66 Å². The molecule has 0 bridgehead atoms. The molecule has 0 aliphatic heterocycles. The normalized spacial score (nSPS) is 10.6. The third kappa shape index (κ3) is 5.07. The SMILES string of the molecule is COCCN(C)CCNc1cc([N+](=O)[O-])ccn1. The molecule has 0 aliphatic rings. The molecule has 100 valence electrons. The highest BCUT2D eigenvalue weighted by Crippen LogP contribution is 2.13. The van der Waals surface area contributed by atoms with Gasteiger partial charge in [-0.05, 0) is 7.05 Å². The Labute approximate surface area is 106 Å². The standard InChI is InChI=1S/C11H18N4O3/c1-14(7-8-18-2)6-5-13-11-9-10(15(16)17)3-4-12-11/h3-4,9H,5-8H2,1-2H3,(H,12,13). The molecule has 0 amide bonds. The summed E-state index contributed by atoms with van der Waals surface area (Å²) in [6, 6.07) is 2.80. The second-order valence-corrected chi connectivity index (χ2v) is 3.88. The Morgan fingerprint density at radius 2 is 2.33 bits per heavy atom. The maximum atomic E-state index is 10.6. The zero-order chi connectivity index (χ0) is 13.4. The van der Waals surface area contributed by atoms with Gasteiger partial charge in [0.15, 0.2) is 0 Å². The molecule has 1 aromatic heterocycles. The smallest absolute Gasteiger partial charge is 0.274 e. The summed E-state index contributed by atoms with van der Waals surface area (Å²) in [6.45, 7) is 3.02. The fourth-order valence-corrected chi connectivity index (χ4v) is 1.36. The van der Waals surface area contributed by atoms with Crippen molar-refractivity contribution in [1.82, 2.24) is 9.88 Å². The molecule has 1 heterocycles. The highest BCUT2D eigenvalue weighted by atomic mass is 16.6. The maximum Gasteiger partial charge on any atom is 0.274 e. The molecule has 18 heavy (non-hydrogen) atoms. The fourth-order valence-electron chi connectivity index (χ4n) is 1.36. The van der Waals surface area contributed by atoms with E-state index in [1.54, 1.807) is 7.11 Å². The number of nitrogens with one attached hydrogen (secondary N) is 1. The third-order valence-corrected chi connectivity index (χ3v) is 2.43. The van der Waals surface area contributed by atoms with E-state index in [-0.39, 0.29) is 5.69 Å². The molecule has 0 saturated heterocycles. The van der Waals surface area contributed by atoms with Crippen molar-refractivity contribution in [2.24, 2.45) is 0 Å². The highest BCUT2D eigenvalue weighted by Gasteiger charge is 2.06. The number of hydrogen-bond donors (Lipinski definition) is 1. The number of rotatable bonds is 8. The van der Waals surface area contributed by atoms with Crippen LogP contribution in [0, 0.1) is 10.1 Å². The van der Waals surface area contributed by atoms with Crippen LogP contribution in [0.5, 0.6) is 0 Å². The van der Waals surface area contributed by atoms with Crippen LogP contribution in [0.15, 0.2) is 18.3 Å². The van der Waals surface area contributed by atoms with Crippen molar-refractivity contribution in [3.8, 4) is 0 Å². The molecule has 1 rings (SSSR count). The van der Waals surface area contributed by atoms with Gasteiger partial charge in [-0.15, -0.1) is 0 Å². The Hall–Kier alpha value is -1.73. The largest absolute Gasteiger partial charge is 0.383 e. The van der Waals surface area contributed by atoms with E-state index >= 15 is 0 Å². The second kappa shape index (κ2) is 7.57. The minimum Gasteiger partial charge on any atom is -0.383 e. The first kappa shape index (κ1) is 14.3. The lowest BCUT2D eigenvalue weighted by Crippen LogP contribution is -2.28. The number of aromatic nitrogens is 1. The van der Waals surface area contributed by atoms with Crippen LogP contribution in [0.2, 0.25) is 0 Å². The number of likely N-dealkylation sites (N-methyl/N-ethyl adjacent to an activating group) is 1. The van der Waals surface area contributed by atoms with Crippen LogP contribution >= 0.6 is 0 Å². The van der Waals surface area contributed by atoms with Crippen LogP contribution in [0.1, 0.15) is 0 Å². The van der Waals surface area contributed by atoms with Gasteiger partial charge in [-0.3, -0.25) is 10.1 Å². The molecule has 1 N–H and O–H groups in total. The summed E-state index contributed by atoms with van der Waals surface area (Å²) in [7, 11) is 3.65. The van der Waals surface area contributed by atoms with E-state index < -0.39 is 4.92 Å². The van der Waals surface area contributed by atoms with Gasteiger partial charge < -0.3 is 15.0 Å². The minimum absolute atomic E-state index is 0.0419. The Kier molecular flexibility index (Phi) is 6.03. The molecular formula is C11H18N4O3. The third-order valence-electron chi connectivity index (χ3n) is 2.43. The molecule has 7 nitrogen and oxygen atoms in total. The molecule has 0 spiro atoms. The first-order valence-electron chi connectivity index (χ1n) is 5.65. The van der Waals surface area contributed by atoms with Gasteiger partial charge in [0.1, 0.15) is 5.82 Å². The fraction of sp³-hybridized carbons (Fsp3) is 0.545. The molecular weight excluding hydrogens is 236 g/mol. The first-order chi connectivity index (χ1) is 8.63. The lowest BCUT2D eigenvalue weighted by molar-refractivity contribution is -0.384. The van der Waals surface area contributed by atoms with Gasteiger partial charge in [0.05, 0.1) is 17.6 Å². The van der Waals surface area contributed by atoms with Crippen LogP contribution in [0.4, 0.5) is 11.5 Å². The Bertz CT molecular complexity index is 386. The Morgan fingerprint density at radius 1 is 1.56 bits per heavy atom. The number of pyridine rings is 1. The summed E-state index contributed by atoms with van der Waals surface area (Å²) >= 11 is 0. The molecule has 0 aromatic carbocycles. The highest BCUT2D eigenvalue weighted by molar-refractivity contribution is 5.44. The summed E-state index contributed by atoms with van der Waals surface area (Å²) in [6.07, 6.45) is 1.43. The van der Waals surface area contributed by atoms with Crippen molar-refractivity contribution in [2.75, 3.05) is 45.7 Å². The number of ether oxygens (including phenoxy) is 1. The predicted molar refractivity (Wildman–Crippen MR) is 68.8 cm³/mol. The number of anilines is 1. The van der Waals surface area contributed by atoms with E-state index in [9.17, 15) is 10.1 Å². The predicted octanol–water partition coefficient (Wildman–Crippen LogP) is 0.980. The van der Waals surface area contributed by atoms with Crippen LogP contribution < -0.4 is 5.32 Å². The second-order valence-electron chi connectivity index (χ2n) is 3.88. The van der Waals surface area contributed by atoms with E-state index in [1.807, 2.05) is 7.05 Å². The molecule has 7 heteroatoms. The van der Waals surface area contributed by atoms with Crippen molar-refractivity contribution in [2.45, 2.75) is 0 Å². The van der Waals surface area contributed by atoms with E-state index in [4.69, 9.17) is 4.74 Å². The monoisotopic (exact) mass is 254 g/mol. The van der Waals surface area contributed by atoms with Gasteiger partial charge in [-0.25, -0.2) is 4.98 Å². The van der Waals surface area contributed by atoms with Gasteiger partial charge in [0.2, 0.25) is 0 Å². The van der Waals surface area contributed by atoms with Gasteiger partial charge in [-0.1, -0.05) is 0 Å². The van der Waals surface area contributed by atoms with Crippen molar-refractivity contribution in [3.63, 3.8) is 0 Å². The van der Waals surface area contributed by atoms with Gasteiger partial charge in [0.25, 0.3) is 5.69 Å². The lowest BCUT2D eigenvalue weighted by Gasteiger charge is -2.16. The summed E-state index contributed by atoms with van der Waals surface area (Å²) < 4.78 is 4.97. The molecule has 0 radical (unpaired) electrons. The average Bonchev–Trinajstić information content (AvgIpc) is 2.36. The number of methoxy groups -OCH3 is 1. The van der Waals surface area contributed by atoms with E-state index in [0.29, 0.717) is 19.0 Å². The minimum atomic E-state index is -0.433. The van der Waals surface area contributed by atoms with Crippen LogP contribution in [-0.2, 0) is 4.74 Å². The zero-order valence-electron chi connectivity index (χ0n) is 10.6. The molecule has 0 saturated carbocycles. The lowest BCUT2D eigenvalue weighted by atomic mass is 10.4. The number of nitro groups is 1. The van der Waals surface area contributed by atoms with Crippen molar-refractivity contribution >= 4 is 11.5 Å². The van der Waals surface area contributed by atoms with Crippen LogP contribution in [-0.4, -0.2) is 55.2 Å². The first-order valence-corrected chi connectivity index (χ1v) is 5.65. The molecule has 0 atom stereocenters. The number of hydrogen-bond acceptors (Lipinski definition) is 6. The summed E-state index contributed by atoms with van der Waals surface area (Å²) in [5, 5.41) is 13.6. The summed E-state index contributed by atoms with van der Waals surface area (Å²) in [4.78, 5) is 16.3. The van der Waals surface area contributed by atoms with Crippen molar-refractivity contribution in [1.29, 1.82) is 0 Å². The maximum absolute atomic E-state index is 10.6. The zero-order valence-corrected chi connectivity index (χ0v) is 10.6. The molecule has 0 unspecified atom stereocenters. The quantitative estimate of drug-likeness (QED) is 0.550. The van der Waals surface area contributed by atoms with Gasteiger partial charge in [-0.2, -0.15) is 0 Å². The van der Waals surface area contributed by atoms with Gasteiger partial charge in [0, 0.05) is 39.0 Å². The number of nitrogens with zero attached hydrogens (tertiary/aromatic N) is 3. The summed E-state index contributed by atoms with van der Waals surface area (Å²) in [5.41, 5.74) is 0.0419. The molecule has 1 aromatic rings. The van der Waals surface area contributed by atoms with Gasteiger partial charge >= 0.3 is 0 Å². The topological polar surface area (TPSA) is 80.5 Å². The van der Waals surface area contributed by atoms with Crippen LogP contribution in [0.3, 0.4) is 0 Å². The van der Waals surface area contributed by atoms with E-state index in [0.717, 1.165) is 13.1 Å². The van der Waals surface area contributed by atoms with E-state index in [1.165, 1.54) is 18.3 Å². The Morgan fingerprint density at radius 3 is 3.00 bits per heavy atom. The molecule has 0 aliphatic carbocycles.